The molecule has 0 aliphatic rings. The van der Waals surface area contributed by atoms with E-state index in [1.54, 1.807) is 6.07 Å². The zero-order chi connectivity index (χ0) is 13.8. The molecule has 3 nitrogen and oxygen atoms in total. The van der Waals surface area contributed by atoms with E-state index in [1.165, 1.54) is 12.1 Å². The Kier molecular flexibility index (Phi) is 4.07. The molecule has 0 aliphatic carbocycles. The molecule has 4 heteroatoms. The Morgan fingerprint density at radius 3 is 2.53 bits per heavy atom. The number of benzene rings is 2. The molecule has 2 aromatic carbocycles. The first kappa shape index (κ1) is 13.4. The average Bonchev–Trinajstić information content (AvgIpc) is 2.37. The SMILES string of the molecule is O=C(CCc1ccccc1Cl)c1ccc(O)cc1O. The van der Waals surface area contributed by atoms with Gasteiger partial charge in [-0.2, -0.15) is 0 Å². The number of Topliss-reactive ketones (excluding diaryl/α,β-unsaturated/α-hetero) is 1. The molecule has 0 aliphatic heterocycles. The maximum Gasteiger partial charge on any atom is 0.166 e. The average molecular weight is 277 g/mol. The highest BCUT2D eigenvalue weighted by Crippen LogP contribution is 2.25. The number of halogens is 1. The lowest BCUT2D eigenvalue weighted by atomic mass is 10.0. The van der Waals surface area contributed by atoms with Crippen LogP contribution in [0.3, 0.4) is 0 Å². The Hall–Kier alpha value is -2.00. The fourth-order valence-electron chi connectivity index (χ4n) is 1.84. The second-order valence-corrected chi connectivity index (χ2v) is 4.62. The molecule has 0 amide bonds. The van der Waals surface area contributed by atoms with E-state index in [9.17, 15) is 15.0 Å². The van der Waals surface area contributed by atoms with Crippen LogP contribution in [0.15, 0.2) is 42.5 Å². The molecule has 0 aromatic heterocycles. The van der Waals surface area contributed by atoms with Crippen LogP contribution in [-0.4, -0.2) is 16.0 Å². The topological polar surface area (TPSA) is 57.5 Å². The zero-order valence-corrected chi connectivity index (χ0v) is 10.9. The van der Waals surface area contributed by atoms with Crippen LogP contribution in [0.2, 0.25) is 5.02 Å². The molecular formula is C15H13ClO3. The summed E-state index contributed by atoms with van der Waals surface area (Å²) in [6.45, 7) is 0. The van der Waals surface area contributed by atoms with E-state index in [1.807, 2.05) is 18.2 Å². The third-order valence-corrected chi connectivity index (χ3v) is 3.23. The van der Waals surface area contributed by atoms with Crippen molar-refractivity contribution < 1.29 is 15.0 Å². The van der Waals surface area contributed by atoms with Gasteiger partial charge in [-0.15, -0.1) is 0 Å². The number of hydrogen-bond acceptors (Lipinski definition) is 3. The molecule has 2 N–H and O–H groups in total. The molecular weight excluding hydrogens is 264 g/mol. The zero-order valence-electron chi connectivity index (χ0n) is 10.1. The van der Waals surface area contributed by atoms with Crippen LogP contribution in [0, 0.1) is 0 Å². The molecule has 19 heavy (non-hydrogen) atoms. The van der Waals surface area contributed by atoms with E-state index < -0.39 is 0 Å². The van der Waals surface area contributed by atoms with Crippen LogP contribution in [0.1, 0.15) is 22.3 Å². The Morgan fingerprint density at radius 1 is 1.11 bits per heavy atom. The van der Waals surface area contributed by atoms with Gasteiger partial charge in [0, 0.05) is 17.5 Å². The lowest BCUT2D eigenvalue weighted by Gasteiger charge is -2.05. The summed E-state index contributed by atoms with van der Waals surface area (Å²) in [5.74, 6) is -0.457. The van der Waals surface area contributed by atoms with E-state index in [0.29, 0.717) is 11.4 Å². The molecule has 0 saturated carbocycles. The highest BCUT2D eigenvalue weighted by atomic mass is 35.5. The number of aryl methyl sites for hydroxylation is 1. The van der Waals surface area contributed by atoms with Crippen molar-refractivity contribution in [1.29, 1.82) is 0 Å². The highest BCUT2D eigenvalue weighted by molar-refractivity contribution is 6.31. The van der Waals surface area contributed by atoms with Crippen molar-refractivity contribution in [2.24, 2.45) is 0 Å². The second-order valence-electron chi connectivity index (χ2n) is 4.22. The first-order valence-electron chi connectivity index (χ1n) is 5.86. The molecule has 0 saturated heterocycles. The molecule has 2 rings (SSSR count). The lowest BCUT2D eigenvalue weighted by Crippen LogP contribution is -2.01. The number of ketones is 1. The molecule has 0 bridgehead atoms. The molecule has 0 unspecified atom stereocenters. The van der Waals surface area contributed by atoms with Gasteiger partial charge in [0.1, 0.15) is 11.5 Å². The van der Waals surface area contributed by atoms with Gasteiger partial charge in [0.15, 0.2) is 5.78 Å². The van der Waals surface area contributed by atoms with Crippen molar-refractivity contribution in [2.45, 2.75) is 12.8 Å². The summed E-state index contributed by atoms with van der Waals surface area (Å²) >= 11 is 6.01. The fraction of sp³-hybridized carbons (Fsp3) is 0.133. The summed E-state index contributed by atoms with van der Waals surface area (Å²) in [7, 11) is 0. The summed E-state index contributed by atoms with van der Waals surface area (Å²) in [6.07, 6.45) is 0.765. The fourth-order valence-corrected chi connectivity index (χ4v) is 2.07. The number of phenols is 2. The number of hydrogen-bond donors (Lipinski definition) is 2. The summed E-state index contributed by atoms with van der Waals surface area (Å²) in [4.78, 5) is 12.0. The Morgan fingerprint density at radius 2 is 1.84 bits per heavy atom. The molecule has 0 atom stereocenters. The standard InChI is InChI=1S/C15H13ClO3/c16-13-4-2-1-3-10(13)5-8-14(18)12-7-6-11(17)9-15(12)19/h1-4,6-7,9,17,19H,5,8H2. The quantitative estimate of drug-likeness (QED) is 0.840. The number of phenolic OH excluding ortho intramolecular Hbond substituents is 2. The number of carbonyl (C=O) groups is 1. The van der Waals surface area contributed by atoms with Gasteiger partial charge in [-0.05, 0) is 30.2 Å². The number of carbonyl (C=O) groups excluding carboxylic acids is 1. The Bertz CT molecular complexity index is 608. The largest absolute Gasteiger partial charge is 0.508 e. The summed E-state index contributed by atoms with van der Waals surface area (Å²) < 4.78 is 0. The minimum atomic E-state index is -0.204. The van der Waals surface area contributed by atoms with Crippen molar-refractivity contribution in [1.82, 2.24) is 0 Å². The van der Waals surface area contributed by atoms with E-state index in [2.05, 4.69) is 0 Å². The van der Waals surface area contributed by atoms with Crippen LogP contribution < -0.4 is 0 Å². The van der Waals surface area contributed by atoms with E-state index in [0.717, 1.165) is 11.6 Å². The lowest BCUT2D eigenvalue weighted by molar-refractivity contribution is 0.0980. The van der Waals surface area contributed by atoms with Crippen LogP contribution >= 0.6 is 11.6 Å². The number of rotatable bonds is 4. The van der Waals surface area contributed by atoms with Gasteiger partial charge < -0.3 is 10.2 Å². The molecule has 0 fully saturated rings. The van der Waals surface area contributed by atoms with E-state index in [4.69, 9.17) is 11.6 Å². The minimum Gasteiger partial charge on any atom is -0.508 e. The molecule has 2 aromatic rings. The van der Waals surface area contributed by atoms with Crippen molar-refractivity contribution in [3.05, 3.63) is 58.6 Å². The van der Waals surface area contributed by atoms with Crippen molar-refractivity contribution in [3.63, 3.8) is 0 Å². The predicted molar refractivity (Wildman–Crippen MR) is 73.9 cm³/mol. The molecule has 0 radical (unpaired) electrons. The van der Waals surface area contributed by atoms with Crippen molar-refractivity contribution in [3.8, 4) is 11.5 Å². The van der Waals surface area contributed by atoms with Crippen LogP contribution in [0.25, 0.3) is 0 Å². The maximum absolute atomic E-state index is 12.0. The molecule has 98 valence electrons. The maximum atomic E-state index is 12.0. The normalized spacial score (nSPS) is 10.4. The van der Waals surface area contributed by atoms with Gasteiger partial charge in [-0.3, -0.25) is 4.79 Å². The van der Waals surface area contributed by atoms with Crippen molar-refractivity contribution in [2.75, 3.05) is 0 Å². The first-order chi connectivity index (χ1) is 9.08. The van der Waals surface area contributed by atoms with E-state index in [-0.39, 0.29) is 29.3 Å². The first-order valence-corrected chi connectivity index (χ1v) is 6.24. The summed E-state index contributed by atoms with van der Waals surface area (Å²) in [5.41, 5.74) is 1.11. The Labute approximate surface area is 116 Å². The molecule has 0 heterocycles. The number of aromatic hydroxyl groups is 2. The van der Waals surface area contributed by atoms with Gasteiger partial charge in [-0.25, -0.2) is 0 Å². The van der Waals surface area contributed by atoms with E-state index >= 15 is 0 Å². The third kappa shape index (κ3) is 3.26. The van der Waals surface area contributed by atoms with Crippen molar-refractivity contribution >= 4 is 17.4 Å². The molecule has 0 spiro atoms. The summed E-state index contributed by atoms with van der Waals surface area (Å²) in [6, 6.07) is 11.3. The Balaban J connectivity index is 2.08. The van der Waals surface area contributed by atoms with Gasteiger partial charge in [0.2, 0.25) is 0 Å². The second kappa shape index (κ2) is 5.76. The van der Waals surface area contributed by atoms with Gasteiger partial charge in [0.25, 0.3) is 0 Å². The highest BCUT2D eigenvalue weighted by Gasteiger charge is 2.12. The predicted octanol–water partition coefficient (Wildman–Crippen LogP) is 3.57. The van der Waals surface area contributed by atoms with Crippen LogP contribution in [0.5, 0.6) is 11.5 Å². The van der Waals surface area contributed by atoms with Gasteiger partial charge in [0.05, 0.1) is 5.56 Å². The van der Waals surface area contributed by atoms with Crippen LogP contribution in [-0.2, 0) is 6.42 Å². The van der Waals surface area contributed by atoms with Crippen LogP contribution in [0.4, 0.5) is 0 Å². The third-order valence-electron chi connectivity index (χ3n) is 2.86. The smallest absolute Gasteiger partial charge is 0.166 e. The minimum absolute atomic E-state index is 0.0693. The monoisotopic (exact) mass is 276 g/mol. The summed E-state index contributed by atoms with van der Waals surface area (Å²) in [5, 5.41) is 19.4. The van der Waals surface area contributed by atoms with Gasteiger partial charge in [-0.1, -0.05) is 29.8 Å². The van der Waals surface area contributed by atoms with Gasteiger partial charge >= 0.3 is 0 Å².